The summed E-state index contributed by atoms with van der Waals surface area (Å²) in [6, 6.07) is 0. The molecule has 1 atom stereocenters. The van der Waals surface area contributed by atoms with Gasteiger partial charge in [-0.1, -0.05) is 0 Å². The summed E-state index contributed by atoms with van der Waals surface area (Å²) in [6.45, 7) is 2.76. The Labute approximate surface area is 94.7 Å². The summed E-state index contributed by atoms with van der Waals surface area (Å²) in [5.74, 6) is -0.373. The smallest absolute Gasteiger partial charge is 0.303 e. The fourth-order valence-corrected chi connectivity index (χ4v) is 2.28. The van der Waals surface area contributed by atoms with E-state index in [4.69, 9.17) is 5.11 Å². The van der Waals surface area contributed by atoms with Crippen LogP contribution in [0.1, 0.15) is 18.4 Å². The molecule has 5 nitrogen and oxygen atoms in total. The van der Waals surface area contributed by atoms with E-state index in [2.05, 4.69) is 10.00 Å². The van der Waals surface area contributed by atoms with Crippen LogP contribution in [0.4, 0.5) is 0 Å². The van der Waals surface area contributed by atoms with Crippen LogP contribution in [-0.2, 0) is 18.4 Å². The van der Waals surface area contributed by atoms with Crippen molar-refractivity contribution in [2.24, 2.45) is 13.0 Å². The molecular formula is C11H17N3O2. The molecule has 0 spiro atoms. The highest BCUT2D eigenvalue weighted by molar-refractivity contribution is 5.67. The van der Waals surface area contributed by atoms with E-state index in [-0.39, 0.29) is 0 Å². The van der Waals surface area contributed by atoms with Crippen LogP contribution in [-0.4, -0.2) is 38.8 Å². The molecule has 1 aliphatic rings. The van der Waals surface area contributed by atoms with Gasteiger partial charge in [-0.3, -0.25) is 14.4 Å². The van der Waals surface area contributed by atoms with Crippen LogP contribution in [0.5, 0.6) is 0 Å². The number of rotatable bonds is 4. The molecule has 1 aromatic heterocycles. The maximum atomic E-state index is 10.6. The number of aliphatic carboxylic acids is 1. The third kappa shape index (κ3) is 2.82. The largest absolute Gasteiger partial charge is 0.481 e. The second-order valence-electron chi connectivity index (χ2n) is 4.51. The molecule has 1 aromatic rings. The van der Waals surface area contributed by atoms with E-state index >= 15 is 0 Å². The Morgan fingerprint density at radius 2 is 2.50 bits per heavy atom. The summed E-state index contributed by atoms with van der Waals surface area (Å²) < 4.78 is 1.79. The van der Waals surface area contributed by atoms with Gasteiger partial charge in [0.2, 0.25) is 0 Å². The fraction of sp³-hybridized carbons (Fsp3) is 0.636. The highest BCUT2D eigenvalue weighted by Gasteiger charge is 2.24. The lowest BCUT2D eigenvalue weighted by molar-refractivity contribution is -0.138. The monoisotopic (exact) mass is 223 g/mol. The van der Waals surface area contributed by atoms with Gasteiger partial charge in [-0.15, -0.1) is 0 Å². The molecule has 0 radical (unpaired) electrons. The maximum Gasteiger partial charge on any atom is 0.303 e. The molecule has 0 aliphatic carbocycles. The number of hydrogen-bond donors (Lipinski definition) is 1. The van der Waals surface area contributed by atoms with Crippen LogP contribution in [0.25, 0.3) is 0 Å². The van der Waals surface area contributed by atoms with Crippen molar-refractivity contribution < 1.29 is 9.90 Å². The molecular weight excluding hydrogens is 206 g/mol. The van der Waals surface area contributed by atoms with Gasteiger partial charge in [-0.05, 0) is 18.9 Å². The molecule has 16 heavy (non-hydrogen) atoms. The zero-order valence-electron chi connectivity index (χ0n) is 9.46. The number of nitrogens with zero attached hydrogens (tertiary/aromatic N) is 3. The molecule has 88 valence electrons. The first-order chi connectivity index (χ1) is 7.63. The lowest BCUT2D eigenvalue weighted by atomic mass is 10.1. The van der Waals surface area contributed by atoms with Gasteiger partial charge in [0.25, 0.3) is 0 Å². The highest BCUT2D eigenvalue weighted by Crippen LogP contribution is 2.21. The van der Waals surface area contributed by atoms with Crippen LogP contribution < -0.4 is 0 Å². The first-order valence-electron chi connectivity index (χ1n) is 5.55. The van der Waals surface area contributed by atoms with Crippen LogP contribution in [0, 0.1) is 5.92 Å². The number of carboxylic acids is 1. The van der Waals surface area contributed by atoms with Gasteiger partial charge in [-0.2, -0.15) is 5.10 Å². The molecule has 1 fully saturated rings. The van der Waals surface area contributed by atoms with Gasteiger partial charge in [0.15, 0.2) is 0 Å². The quantitative estimate of drug-likeness (QED) is 0.817. The van der Waals surface area contributed by atoms with Crippen LogP contribution in [0.3, 0.4) is 0 Å². The van der Waals surface area contributed by atoms with Gasteiger partial charge in [0, 0.05) is 38.3 Å². The van der Waals surface area contributed by atoms with Crippen molar-refractivity contribution in [3.05, 3.63) is 18.0 Å². The van der Waals surface area contributed by atoms with Gasteiger partial charge in [-0.25, -0.2) is 0 Å². The molecule has 1 N–H and O–H groups in total. The standard InChI is InChI=1S/C11H17N3O2/c1-13-6-10(5-12-13)8-14-3-2-9(7-14)4-11(15)16/h5-6,9H,2-4,7-8H2,1H3,(H,15,16). The first-order valence-corrected chi connectivity index (χ1v) is 5.55. The molecule has 0 aromatic carbocycles. The zero-order chi connectivity index (χ0) is 11.5. The Morgan fingerprint density at radius 1 is 1.69 bits per heavy atom. The summed E-state index contributed by atoms with van der Waals surface area (Å²) in [6.07, 6.45) is 5.16. The molecule has 2 heterocycles. The Kier molecular flexibility index (Phi) is 3.24. The van der Waals surface area contributed by atoms with Crippen molar-refractivity contribution in [3.8, 4) is 0 Å². The van der Waals surface area contributed by atoms with E-state index in [1.165, 1.54) is 5.56 Å². The predicted molar refractivity (Wildman–Crippen MR) is 58.8 cm³/mol. The van der Waals surface area contributed by atoms with E-state index < -0.39 is 5.97 Å². The van der Waals surface area contributed by atoms with Crippen molar-refractivity contribution >= 4 is 5.97 Å². The summed E-state index contributed by atoms with van der Waals surface area (Å²) in [5.41, 5.74) is 1.19. The third-order valence-corrected chi connectivity index (χ3v) is 3.00. The van der Waals surface area contributed by atoms with E-state index in [0.717, 1.165) is 26.1 Å². The molecule has 1 aliphatic heterocycles. The average molecular weight is 223 g/mol. The van der Waals surface area contributed by atoms with Crippen LogP contribution >= 0.6 is 0 Å². The van der Waals surface area contributed by atoms with Crippen LogP contribution in [0.2, 0.25) is 0 Å². The molecule has 1 saturated heterocycles. The van der Waals surface area contributed by atoms with Crippen molar-refractivity contribution in [2.45, 2.75) is 19.4 Å². The van der Waals surface area contributed by atoms with Crippen molar-refractivity contribution in [2.75, 3.05) is 13.1 Å². The first kappa shape index (κ1) is 11.1. The number of carbonyl (C=O) groups is 1. The summed E-state index contributed by atoms with van der Waals surface area (Å²) in [7, 11) is 1.90. The predicted octanol–water partition coefficient (Wildman–Crippen LogP) is 0.717. The fourth-order valence-electron chi connectivity index (χ4n) is 2.28. The maximum absolute atomic E-state index is 10.6. The third-order valence-electron chi connectivity index (χ3n) is 3.00. The lowest BCUT2D eigenvalue weighted by Crippen LogP contribution is -2.20. The van der Waals surface area contributed by atoms with Crippen LogP contribution in [0.15, 0.2) is 12.4 Å². The number of aryl methyl sites for hydroxylation is 1. The SMILES string of the molecule is Cn1cc(CN2CCC(CC(=O)O)C2)cn1. The zero-order valence-corrected chi connectivity index (χ0v) is 9.46. The van der Waals surface area contributed by atoms with E-state index in [9.17, 15) is 4.79 Å². The average Bonchev–Trinajstić information content (AvgIpc) is 2.76. The number of hydrogen-bond acceptors (Lipinski definition) is 3. The topological polar surface area (TPSA) is 58.4 Å². The van der Waals surface area contributed by atoms with E-state index in [1.807, 2.05) is 19.4 Å². The number of likely N-dealkylation sites (tertiary alicyclic amines) is 1. The second kappa shape index (κ2) is 4.65. The van der Waals surface area contributed by atoms with Crippen molar-refractivity contribution in [3.63, 3.8) is 0 Å². The number of carboxylic acid groups (broad SMARTS) is 1. The Balaban J connectivity index is 1.82. The van der Waals surface area contributed by atoms with Crippen molar-refractivity contribution in [1.82, 2.24) is 14.7 Å². The summed E-state index contributed by atoms with van der Waals surface area (Å²) >= 11 is 0. The van der Waals surface area contributed by atoms with E-state index in [1.54, 1.807) is 4.68 Å². The van der Waals surface area contributed by atoms with Gasteiger partial charge < -0.3 is 5.11 Å². The number of aromatic nitrogens is 2. The minimum atomic E-state index is -0.687. The summed E-state index contributed by atoms with van der Waals surface area (Å²) in [5, 5.41) is 12.8. The molecule has 2 rings (SSSR count). The van der Waals surface area contributed by atoms with Gasteiger partial charge in [0.05, 0.1) is 6.20 Å². The lowest BCUT2D eigenvalue weighted by Gasteiger charge is -2.13. The normalized spacial score (nSPS) is 21.4. The molecule has 0 bridgehead atoms. The Bertz CT molecular complexity index is 375. The minimum Gasteiger partial charge on any atom is -0.481 e. The van der Waals surface area contributed by atoms with Gasteiger partial charge in [0.1, 0.15) is 0 Å². The van der Waals surface area contributed by atoms with Gasteiger partial charge >= 0.3 is 5.97 Å². The highest BCUT2D eigenvalue weighted by atomic mass is 16.4. The Hall–Kier alpha value is -1.36. The molecule has 0 saturated carbocycles. The minimum absolute atomic E-state index is 0.295. The molecule has 1 unspecified atom stereocenters. The summed E-state index contributed by atoms with van der Waals surface area (Å²) in [4.78, 5) is 12.9. The van der Waals surface area contributed by atoms with Crippen molar-refractivity contribution in [1.29, 1.82) is 0 Å². The molecule has 5 heteroatoms. The van der Waals surface area contributed by atoms with E-state index in [0.29, 0.717) is 12.3 Å². The Morgan fingerprint density at radius 3 is 3.12 bits per heavy atom. The molecule has 0 amide bonds. The second-order valence-corrected chi connectivity index (χ2v) is 4.51.